The molecular weight excluding hydrogens is 396 g/mol. The second-order valence-electron chi connectivity index (χ2n) is 5.70. The molecule has 0 atom stereocenters. The van der Waals surface area contributed by atoms with E-state index in [2.05, 4.69) is 42.9 Å². The predicted molar refractivity (Wildman–Crippen MR) is 107 cm³/mol. The van der Waals surface area contributed by atoms with Gasteiger partial charge in [-0.25, -0.2) is 5.43 Å². The monoisotopic (exact) mass is 416 g/mol. The van der Waals surface area contributed by atoms with Gasteiger partial charge in [0, 0.05) is 33.7 Å². The molecule has 2 amide bonds. The number of hydrazone groups is 1. The van der Waals surface area contributed by atoms with Gasteiger partial charge >= 0.3 is 0 Å². The van der Waals surface area contributed by atoms with Crippen LogP contribution in [0.2, 0.25) is 0 Å². The largest absolute Gasteiger partial charge is 0.352 e. The Morgan fingerprint density at radius 2 is 2.04 bits per heavy atom. The first kappa shape index (κ1) is 19.7. The van der Waals surface area contributed by atoms with Gasteiger partial charge in [0.1, 0.15) is 6.42 Å². The van der Waals surface area contributed by atoms with Crippen LogP contribution < -0.4 is 10.7 Å². The first-order valence-corrected chi connectivity index (χ1v) is 8.86. The van der Waals surface area contributed by atoms with Crippen LogP contribution in [0.1, 0.15) is 23.4 Å². The van der Waals surface area contributed by atoms with Crippen molar-refractivity contribution in [1.82, 2.24) is 15.3 Å². The van der Waals surface area contributed by atoms with Crippen LogP contribution in [0, 0.1) is 13.8 Å². The zero-order valence-corrected chi connectivity index (χ0v) is 16.3. The van der Waals surface area contributed by atoms with Crippen LogP contribution in [0.5, 0.6) is 0 Å². The van der Waals surface area contributed by atoms with Gasteiger partial charge in [-0.2, -0.15) is 5.10 Å². The van der Waals surface area contributed by atoms with E-state index in [9.17, 15) is 9.59 Å². The summed E-state index contributed by atoms with van der Waals surface area (Å²) in [5, 5.41) is 6.49. The first-order valence-electron chi connectivity index (χ1n) is 8.06. The third kappa shape index (κ3) is 5.16. The quantitative estimate of drug-likeness (QED) is 0.315. The minimum absolute atomic E-state index is 0.276. The maximum Gasteiger partial charge on any atom is 0.249 e. The Bertz CT molecular complexity index is 855. The highest BCUT2D eigenvalue weighted by molar-refractivity contribution is 9.10. The molecule has 1 aromatic heterocycles. The van der Waals surface area contributed by atoms with E-state index in [1.54, 1.807) is 12.3 Å². The fraction of sp³-hybridized carbons (Fsp3) is 0.211. The van der Waals surface area contributed by atoms with E-state index < -0.39 is 5.91 Å². The Labute approximate surface area is 161 Å². The van der Waals surface area contributed by atoms with Crippen molar-refractivity contribution in [3.05, 3.63) is 64.4 Å². The van der Waals surface area contributed by atoms with Gasteiger partial charge in [0.25, 0.3) is 0 Å². The van der Waals surface area contributed by atoms with Gasteiger partial charge in [-0.05, 0) is 38.1 Å². The van der Waals surface area contributed by atoms with Crippen molar-refractivity contribution >= 4 is 34.0 Å². The molecule has 1 aromatic carbocycles. The molecule has 0 bridgehead atoms. The molecule has 6 nitrogen and oxygen atoms in total. The normalized spacial score (nSPS) is 10.7. The van der Waals surface area contributed by atoms with Crippen LogP contribution in [0.25, 0.3) is 5.69 Å². The molecule has 2 N–H and O–H groups in total. The summed E-state index contributed by atoms with van der Waals surface area (Å²) in [5.74, 6) is -0.839. The minimum atomic E-state index is -0.469. The van der Waals surface area contributed by atoms with Crippen LogP contribution in [0.4, 0.5) is 0 Å². The summed E-state index contributed by atoms with van der Waals surface area (Å²) in [6, 6.07) is 9.99. The van der Waals surface area contributed by atoms with Crippen molar-refractivity contribution in [2.45, 2.75) is 20.3 Å². The molecule has 0 aliphatic heterocycles. The molecule has 2 rings (SSSR count). The topological polar surface area (TPSA) is 75.5 Å². The second-order valence-corrected chi connectivity index (χ2v) is 6.62. The zero-order chi connectivity index (χ0) is 19.1. The molecule has 0 radical (unpaired) electrons. The molecule has 0 spiro atoms. The Morgan fingerprint density at radius 3 is 2.73 bits per heavy atom. The molecule has 136 valence electrons. The fourth-order valence-corrected chi connectivity index (χ4v) is 2.93. The lowest BCUT2D eigenvalue weighted by Crippen LogP contribution is -2.29. The number of nitrogens with one attached hydrogen (secondary N) is 2. The molecule has 0 aliphatic rings. The highest BCUT2D eigenvalue weighted by atomic mass is 79.9. The molecule has 26 heavy (non-hydrogen) atoms. The lowest BCUT2D eigenvalue weighted by Gasteiger charge is -2.09. The number of aryl methyl sites for hydroxylation is 1. The van der Waals surface area contributed by atoms with Crippen molar-refractivity contribution in [2.75, 3.05) is 6.54 Å². The SMILES string of the molecule is C=CCNC(=O)CC(=O)N/N=C/c1cc(C)n(-c2cccc(Br)c2)c1C. The maximum absolute atomic E-state index is 11.7. The summed E-state index contributed by atoms with van der Waals surface area (Å²) in [7, 11) is 0. The van der Waals surface area contributed by atoms with Crippen molar-refractivity contribution in [1.29, 1.82) is 0 Å². The number of amides is 2. The van der Waals surface area contributed by atoms with Gasteiger partial charge < -0.3 is 9.88 Å². The van der Waals surface area contributed by atoms with Gasteiger partial charge in [0.15, 0.2) is 0 Å². The Kier molecular flexibility index (Phi) is 6.91. The van der Waals surface area contributed by atoms with Crippen LogP contribution in [0.3, 0.4) is 0 Å². The Hall–Kier alpha value is -2.67. The Morgan fingerprint density at radius 1 is 1.27 bits per heavy atom. The fourth-order valence-electron chi connectivity index (χ4n) is 2.54. The molecule has 0 saturated heterocycles. The average Bonchev–Trinajstić information content (AvgIpc) is 2.86. The zero-order valence-electron chi connectivity index (χ0n) is 14.8. The molecule has 1 heterocycles. The number of carbonyl (C=O) groups is 2. The predicted octanol–water partition coefficient (Wildman–Crippen LogP) is 3.00. The first-order chi connectivity index (χ1) is 12.4. The number of nitrogens with zero attached hydrogens (tertiary/aromatic N) is 2. The van der Waals surface area contributed by atoms with Crippen LogP contribution in [-0.4, -0.2) is 29.1 Å². The van der Waals surface area contributed by atoms with Crippen molar-refractivity contribution in [3.63, 3.8) is 0 Å². The maximum atomic E-state index is 11.7. The Balaban J connectivity index is 2.05. The second kappa shape index (κ2) is 9.15. The van der Waals surface area contributed by atoms with E-state index in [4.69, 9.17) is 0 Å². The van der Waals surface area contributed by atoms with Gasteiger partial charge in [0.2, 0.25) is 11.8 Å². The lowest BCUT2D eigenvalue weighted by atomic mass is 10.2. The van der Waals surface area contributed by atoms with E-state index in [0.29, 0.717) is 6.54 Å². The lowest BCUT2D eigenvalue weighted by molar-refractivity contribution is -0.129. The summed E-state index contributed by atoms with van der Waals surface area (Å²) in [6.45, 7) is 7.82. The van der Waals surface area contributed by atoms with Crippen LogP contribution in [0.15, 0.2) is 52.6 Å². The van der Waals surface area contributed by atoms with Crippen molar-refractivity contribution in [3.8, 4) is 5.69 Å². The summed E-state index contributed by atoms with van der Waals surface area (Å²) in [4.78, 5) is 23.2. The van der Waals surface area contributed by atoms with Crippen molar-refractivity contribution in [2.24, 2.45) is 5.10 Å². The summed E-state index contributed by atoms with van der Waals surface area (Å²) in [5.41, 5.74) is 6.35. The summed E-state index contributed by atoms with van der Waals surface area (Å²) < 4.78 is 3.11. The number of carbonyl (C=O) groups excluding carboxylic acids is 2. The van der Waals surface area contributed by atoms with Crippen LogP contribution >= 0.6 is 15.9 Å². The standard InChI is InChI=1S/C19H21BrN4O2/c1-4-8-21-18(25)11-19(26)23-22-12-15-9-13(2)24(14(15)3)17-7-5-6-16(20)10-17/h4-7,9-10,12H,1,8,11H2,2-3H3,(H,21,25)(H,23,26)/b22-12+. The summed E-state index contributed by atoms with van der Waals surface area (Å²) in [6.07, 6.45) is 2.85. The molecule has 7 heteroatoms. The number of rotatable bonds is 7. The van der Waals surface area contributed by atoms with E-state index in [1.807, 2.05) is 44.2 Å². The van der Waals surface area contributed by atoms with Gasteiger partial charge in [-0.15, -0.1) is 6.58 Å². The van der Waals surface area contributed by atoms with E-state index in [-0.39, 0.29) is 12.3 Å². The van der Waals surface area contributed by atoms with E-state index in [0.717, 1.165) is 27.1 Å². The van der Waals surface area contributed by atoms with Gasteiger partial charge in [-0.1, -0.05) is 28.1 Å². The third-order valence-electron chi connectivity index (χ3n) is 3.69. The van der Waals surface area contributed by atoms with Crippen LogP contribution in [-0.2, 0) is 9.59 Å². The molecule has 2 aromatic rings. The smallest absolute Gasteiger partial charge is 0.249 e. The molecule has 0 aliphatic carbocycles. The molecular formula is C19H21BrN4O2. The van der Waals surface area contributed by atoms with E-state index in [1.165, 1.54) is 0 Å². The molecule has 0 fully saturated rings. The van der Waals surface area contributed by atoms with Gasteiger partial charge in [-0.3, -0.25) is 9.59 Å². The molecule has 0 unspecified atom stereocenters. The minimum Gasteiger partial charge on any atom is -0.352 e. The number of halogens is 1. The van der Waals surface area contributed by atoms with Crippen molar-refractivity contribution < 1.29 is 9.59 Å². The average molecular weight is 417 g/mol. The number of hydrogen-bond donors (Lipinski definition) is 2. The number of benzene rings is 1. The number of aromatic nitrogens is 1. The third-order valence-corrected chi connectivity index (χ3v) is 4.19. The summed E-state index contributed by atoms with van der Waals surface area (Å²) >= 11 is 3.48. The highest BCUT2D eigenvalue weighted by Crippen LogP contribution is 2.22. The van der Waals surface area contributed by atoms with Gasteiger partial charge in [0.05, 0.1) is 6.21 Å². The molecule has 0 saturated carbocycles. The highest BCUT2D eigenvalue weighted by Gasteiger charge is 2.10. The van der Waals surface area contributed by atoms with E-state index >= 15 is 0 Å². The number of hydrogen-bond acceptors (Lipinski definition) is 3.